The van der Waals surface area contributed by atoms with Crippen LogP contribution in [0.3, 0.4) is 0 Å². The zero-order valence-electron chi connectivity index (χ0n) is 62.4. The van der Waals surface area contributed by atoms with Crippen LogP contribution >= 0.6 is 24.4 Å². The smallest absolute Gasteiger partial charge is 0.153 e. The summed E-state index contributed by atoms with van der Waals surface area (Å²) in [5.41, 5.74) is 20.9. The summed E-state index contributed by atoms with van der Waals surface area (Å²) in [6.45, 7) is 15.4. The third-order valence-corrected chi connectivity index (χ3v) is 19.4. The second kappa shape index (κ2) is 40.2. The average molecular weight is 1520 g/mol. The van der Waals surface area contributed by atoms with Crippen LogP contribution in [0.1, 0.15) is 113 Å². The Morgan fingerprint density at radius 3 is 0.955 bits per heavy atom. The van der Waals surface area contributed by atoms with E-state index in [0.717, 1.165) is 67.1 Å². The minimum atomic E-state index is -0.763. The lowest BCUT2D eigenvalue weighted by atomic mass is 9.79. The molecule has 0 aromatic heterocycles. The summed E-state index contributed by atoms with van der Waals surface area (Å²) in [7, 11) is 0. The first kappa shape index (κ1) is 83.4. The second-order valence-corrected chi connectivity index (χ2v) is 28.0. The Hall–Kier alpha value is -11.6. The number of hydrogen-bond donors (Lipinski definition) is 0. The predicted octanol–water partition coefficient (Wildman–Crippen LogP) is 30.4. The van der Waals surface area contributed by atoms with E-state index in [9.17, 15) is 35.1 Å². The van der Waals surface area contributed by atoms with Gasteiger partial charge in [0.2, 0.25) is 0 Å². The third kappa shape index (κ3) is 23.7. The molecule has 13 aromatic rings. The van der Waals surface area contributed by atoms with Crippen LogP contribution < -0.4 is 0 Å². The number of thiocarbonyl (C=S) groups is 2. The van der Waals surface area contributed by atoms with Gasteiger partial charge in [-0.25, -0.2) is 35.1 Å². The molecule has 2 nitrogen and oxygen atoms in total. The van der Waals surface area contributed by atoms with Crippen LogP contribution in [0, 0.1) is 101 Å². The van der Waals surface area contributed by atoms with Gasteiger partial charge in [-0.3, -0.25) is 0 Å². The van der Waals surface area contributed by atoms with Gasteiger partial charge in [0, 0.05) is 16.7 Å². The summed E-state index contributed by atoms with van der Waals surface area (Å²) in [6, 6.07) is 82.3. The number of isothiocyanates is 2. The maximum Gasteiger partial charge on any atom is 0.153 e. The molecule has 0 saturated heterocycles. The Balaban J connectivity index is 0.000000160. The number of rotatable bonds is 13. The zero-order chi connectivity index (χ0) is 78.4. The van der Waals surface area contributed by atoms with Crippen molar-refractivity contribution in [2.45, 2.75) is 94.4 Å². The quantitative estimate of drug-likeness (QED) is 0.0497. The van der Waals surface area contributed by atoms with E-state index < -0.39 is 46.4 Å². The lowest BCUT2D eigenvalue weighted by molar-refractivity contribution is 0.348. The SMILES string of the molecule is C.Cc1c(F)cc(-c2ccc(C3CCC(C)CC3)cc2)cc1F.Cc1ccc(-c2ccc(-c3cc(F)c(C)c(F)c3)cc2)cc1.Cc1ccc(-c2ccc(-c3ccc(C)cc3)c(F)c2)cc1.Cc1ccc(C=Cc2ccc(-c3cc(F)c(N=C=S)c(F)c3)cc2)cc1.Cc1ccc(C=Cc2ccc(N=C=S)c(F)c2)cc1. The molecule has 1 aliphatic rings. The summed E-state index contributed by atoms with van der Waals surface area (Å²) < 4.78 is 111. The molecule has 0 amide bonds. The van der Waals surface area contributed by atoms with Gasteiger partial charge >= 0.3 is 0 Å². The number of aliphatic imine (C=N–C) groups is 2. The Morgan fingerprint density at radius 2 is 0.577 bits per heavy atom. The fourth-order valence-corrected chi connectivity index (χ4v) is 12.5. The van der Waals surface area contributed by atoms with Gasteiger partial charge in [-0.15, -0.1) is 0 Å². The van der Waals surface area contributed by atoms with Crippen molar-refractivity contribution in [3.05, 3.63) is 380 Å². The molecule has 0 atom stereocenters. The molecule has 1 aliphatic carbocycles. The first-order chi connectivity index (χ1) is 53.0. The molecular weight excluding hydrogens is 1430 g/mol. The van der Waals surface area contributed by atoms with E-state index in [1.807, 2.05) is 210 Å². The highest BCUT2D eigenvalue weighted by atomic mass is 32.1. The number of benzene rings is 13. The summed E-state index contributed by atoms with van der Waals surface area (Å²) in [5.74, 6) is -2.64. The van der Waals surface area contributed by atoms with Crippen molar-refractivity contribution in [3.63, 3.8) is 0 Å². The van der Waals surface area contributed by atoms with Gasteiger partial charge in [0.05, 0.1) is 10.3 Å². The molecular formula is C99H86F8N2S2. The first-order valence-electron chi connectivity index (χ1n) is 36.1. The predicted molar refractivity (Wildman–Crippen MR) is 455 cm³/mol. The molecule has 0 bridgehead atoms. The first-order valence-corrected chi connectivity index (χ1v) is 37.0. The van der Waals surface area contributed by atoms with E-state index in [-0.39, 0.29) is 30.1 Å². The molecule has 0 unspecified atom stereocenters. The van der Waals surface area contributed by atoms with Crippen LogP contribution in [0.2, 0.25) is 0 Å². The van der Waals surface area contributed by atoms with Crippen molar-refractivity contribution in [2.24, 2.45) is 15.9 Å². The highest BCUT2D eigenvalue weighted by molar-refractivity contribution is 7.78. The molecule has 13 aromatic carbocycles. The lowest BCUT2D eigenvalue weighted by Crippen LogP contribution is -2.10. The second-order valence-electron chi connectivity index (χ2n) is 27.6. The maximum absolute atomic E-state index is 14.4. The molecule has 1 saturated carbocycles. The van der Waals surface area contributed by atoms with Crippen LogP contribution in [0.25, 0.3) is 91.1 Å². The molecule has 1 fully saturated rings. The summed E-state index contributed by atoms with van der Waals surface area (Å²) in [5, 5.41) is 4.14. The number of hydrogen-bond acceptors (Lipinski definition) is 4. The van der Waals surface area contributed by atoms with E-state index in [4.69, 9.17) is 0 Å². The monoisotopic (exact) mass is 1520 g/mol. The molecule has 560 valence electrons. The van der Waals surface area contributed by atoms with Gasteiger partial charge in [0.25, 0.3) is 0 Å². The van der Waals surface area contributed by atoms with Gasteiger partial charge < -0.3 is 0 Å². The van der Waals surface area contributed by atoms with Gasteiger partial charge in [0.1, 0.15) is 46.3 Å². The summed E-state index contributed by atoms with van der Waals surface area (Å²) in [4.78, 5) is 7.06. The van der Waals surface area contributed by atoms with E-state index >= 15 is 0 Å². The summed E-state index contributed by atoms with van der Waals surface area (Å²) >= 11 is 8.86. The fourth-order valence-electron chi connectivity index (χ4n) is 12.4. The van der Waals surface area contributed by atoms with Crippen molar-refractivity contribution in [3.8, 4) is 66.8 Å². The largest absolute Gasteiger partial charge is 0.207 e. The fraction of sp³-hybridized carbons (Fsp3) is 0.152. The van der Waals surface area contributed by atoms with Crippen LogP contribution in [-0.4, -0.2) is 10.3 Å². The van der Waals surface area contributed by atoms with Crippen LogP contribution in [0.4, 0.5) is 46.5 Å². The Labute approximate surface area is 658 Å². The average Bonchev–Trinajstić information content (AvgIpc) is 0.943. The minimum Gasteiger partial charge on any atom is -0.207 e. The van der Waals surface area contributed by atoms with Crippen molar-refractivity contribution in [1.29, 1.82) is 0 Å². The van der Waals surface area contributed by atoms with Crippen molar-refractivity contribution >= 4 is 70.4 Å². The Kier molecular flexibility index (Phi) is 30.2. The number of aryl methyl sites for hydroxylation is 5. The highest BCUT2D eigenvalue weighted by Gasteiger charge is 2.20. The van der Waals surface area contributed by atoms with Gasteiger partial charge in [-0.05, 0) is 241 Å². The molecule has 14 rings (SSSR count). The van der Waals surface area contributed by atoms with Crippen molar-refractivity contribution in [1.82, 2.24) is 0 Å². The van der Waals surface area contributed by atoms with Crippen LogP contribution in [0.5, 0.6) is 0 Å². The zero-order valence-corrected chi connectivity index (χ0v) is 64.1. The van der Waals surface area contributed by atoms with Crippen LogP contribution in [0.15, 0.2) is 277 Å². The van der Waals surface area contributed by atoms with E-state index in [2.05, 4.69) is 107 Å². The Morgan fingerprint density at radius 1 is 0.288 bits per heavy atom. The Bertz CT molecular complexity index is 5380. The maximum atomic E-state index is 14.4. The van der Waals surface area contributed by atoms with Crippen molar-refractivity contribution in [2.75, 3.05) is 0 Å². The highest BCUT2D eigenvalue weighted by Crippen LogP contribution is 2.38. The molecule has 0 heterocycles. The van der Waals surface area contributed by atoms with E-state index in [0.29, 0.717) is 33.7 Å². The topological polar surface area (TPSA) is 24.7 Å². The molecule has 0 N–H and O–H groups in total. The molecule has 0 radical (unpaired) electrons. The molecule has 0 aliphatic heterocycles. The van der Waals surface area contributed by atoms with E-state index in [1.54, 1.807) is 18.2 Å². The van der Waals surface area contributed by atoms with E-state index in [1.165, 1.54) is 115 Å². The third-order valence-electron chi connectivity index (χ3n) is 19.3. The summed E-state index contributed by atoms with van der Waals surface area (Å²) in [6.07, 6.45) is 12.9. The lowest BCUT2D eigenvalue weighted by Gasteiger charge is -2.26. The number of nitrogens with zero attached hydrogens (tertiary/aromatic N) is 2. The van der Waals surface area contributed by atoms with Gasteiger partial charge in [-0.1, -0.05) is 292 Å². The molecule has 0 spiro atoms. The van der Waals surface area contributed by atoms with Gasteiger partial charge in [0.15, 0.2) is 11.6 Å². The van der Waals surface area contributed by atoms with Gasteiger partial charge in [-0.2, -0.15) is 9.98 Å². The molecule has 111 heavy (non-hydrogen) atoms. The number of halogens is 8. The normalized spacial score (nSPS) is 12.8. The molecule has 12 heteroatoms. The van der Waals surface area contributed by atoms with Crippen molar-refractivity contribution < 1.29 is 35.1 Å². The van der Waals surface area contributed by atoms with Crippen LogP contribution in [-0.2, 0) is 0 Å². The minimum absolute atomic E-state index is 0. The standard InChI is InChI=1S/C22H15F2NS.C20H22F2.C20H16F2.C20H17F.C16H12FNS.CH4/c1-15-2-4-16(5-3-15)6-7-17-8-10-18(11-9-17)19-12-20(23)22(25-14-26)21(24)13-19;2*1-13-3-5-15(6-4-13)16-7-9-17(10-8-16)18-11-19(21)14(2)20(22)12-18;1-14-3-7-16(8-4-14)18-11-12-19(20(21)13-18)17-9-5-15(2)6-10-17;1-12-2-4-13(5-3-12)6-7-14-8-9-16(18-11-19)15(17)10-14;/h2-13H,1H3;7-13,15H,3-6H2,1-2H3;3-12H,1-2H3;3-13H,1-2H3;2-10H,1H3;1H4.